The fourth-order valence-electron chi connectivity index (χ4n) is 2.68. The predicted octanol–water partition coefficient (Wildman–Crippen LogP) is 4.93. The normalized spacial score (nSPS) is 17.8. The average molecular weight is 379 g/mol. The minimum absolute atomic E-state index is 0.323. The third kappa shape index (κ3) is 2.77. The van der Waals surface area contributed by atoms with Gasteiger partial charge in [0.15, 0.2) is 0 Å². The molecule has 20 heavy (non-hydrogen) atoms. The number of benzene rings is 2. The van der Waals surface area contributed by atoms with Gasteiger partial charge in [-0.1, -0.05) is 30.3 Å². The fraction of sp³-hybridized carbons (Fsp3) is 0.294. The van der Waals surface area contributed by atoms with Crippen LogP contribution in [0.15, 0.2) is 42.5 Å². The highest BCUT2D eigenvalue weighted by Crippen LogP contribution is 2.36. The van der Waals surface area contributed by atoms with Crippen LogP contribution in [0.5, 0.6) is 5.75 Å². The molecule has 3 rings (SSSR count). The van der Waals surface area contributed by atoms with Crippen LogP contribution in [0.2, 0.25) is 0 Å². The molecule has 2 aromatic rings. The van der Waals surface area contributed by atoms with Gasteiger partial charge in [-0.25, -0.2) is 0 Å². The molecule has 1 heterocycles. The Morgan fingerprint density at radius 2 is 2.00 bits per heavy atom. The Morgan fingerprint density at radius 1 is 1.15 bits per heavy atom. The molecule has 0 bridgehead atoms. The highest BCUT2D eigenvalue weighted by atomic mass is 127. The summed E-state index contributed by atoms with van der Waals surface area (Å²) in [7, 11) is 0. The molecule has 1 aliphatic rings. The number of hydrogen-bond donors (Lipinski definition) is 1. The minimum atomic E-state index is 0.323. The van der Waals surface area contributed by atoms with Gasteiger partial charge in [-0.2, -0.15) is 0 Å². The van der Waals surface area contributed by atoms with Gasteiger partial charge < -0.3 is 10.1 Å². The van der Waals surface area contributed by atoms with Crippen LogP contribution in [0.25, 0.3) is 0 Å². The van der Waals surface area contributed by atoms with E-state index in [1.165, 1.54) is 20.4 Å². The van der Waals surface area contributed by atoms with E-state index in [0.29, 0.717) is 6.04 Å². The van der Waals surface area contributed by atoms with Crippen molar-refractivity contribution in [3.8, 4) is 5.75 Å². The Hall–Kier alpha value is -1.23. The second-order valence-corrected chi connectivity index (χ2v) is 6.32. The largest absolute Gasteiger partial charge is 0.493 e. The van der Waals surface area contributed by atoms with Gasteiger partial charge in [0.05, 0.1) is 12.6 Å². The van der Waals surface area contributed by atoms with Crippen LogP contribution in [-0.4, -0.2) is 6.61 Å². The van der Waals surface area contributed by atoms with Gasteiger partial charge >= 0.3 is 0 Å². The van der Waals surface area contributed by atoms with Crippen LogP contribution in [0, 0.1) is 10.5 Å². The third-order valence-corrected chi connectivity index (χ3v) is 4.65. The summed E-state index contributed by atoms with van der Waals surface area (Å²) in [6.45, 7) is 2.93. The number of halogens is 1. The average Bonchev–Trinajstić information content (AvgIpc) is 2.65. The first-order chi connectivity index (χ1) is 9.75. The fourth-order valence-corrected chi connectivity index (χ4v) is 3.22. The third-order valence-electron chi connectivity index (χ3n) is 3.70. The summed E-state index contributed by atoms with van der Waals surface area (Å²) >= 11 is 2.38. The van der Waals surface area contributed by atoms with Crippen LogP contribution in [0.3, 0.4) is 0 Å². The lowest BCUT2D eigenvalue weighted by atomic mass is 9.99. The maximum atomic E-state index is 5.94. The highest BCUT2D eigenvalue weighted by Gasteiger charge is 2.21. The summed E-state index contributed by atoms with van der Waals surface area (Å²) < 4.78 is 7.19. The lowest BCUT2D eigenvalue weighted by Gasteiger charge is -2.21. The number of hydrogen-bond acceptors (Lipinski definition) is 2. The molecule has 1 unspecified atom stereocenters. The van der Waals surface area contributed by atoms with Crippen molar-refractivity contribution in [1.82, 2.24) is 0 Å². The second-order valence-electron chi connectivity index (χ2n) is 5.16. The van der Waals surface area contributed by atoms with Crippen LogP contribution in [0.4, 0.5) is 5.69 Å². The van der Waals surface area contributed by atoms with Gasteiger partial charge in [-0.05, 0) is 60.1 Å². The summed E-state index contributed by atoms with van der Waals surface area (Å²) in [4.78, 5) is 0. The maximum Gasteiger partial charge on any atom is 0.127 e. The van der Waals surface area contributed by atoms with Gasteiger partial charge in [-0.15, -0.1) is 0 Å². The van der Waals surface area contributed by atoms with Gasteiger partial charge in [0.1, 0.15) is 5.75 Å². The van der Waals surface area contributed by atoms with Crippen molar-refractivity contribution in [2.75, 3.05) is 11.9 Å². The Labute approximate surface area is 133 Å². The number of ether oxygens (including phenoxy) is 1. The van der Waals surface area contributed by atoms with Crippen molar-refractivity contribution < 1.29 is 4.74 Å². The van der Waals surface area contributed by atoms with E-state index in [1.807, 2.05) is 0 Å². The van der Waals surface area contributed by atoms with Gasteiger partial charge in [0, 0.05) is 14.8 Å². The predicted molar refractivity (Wildman–Crippen MR) is 91.4 cm³/mol. The van der Waals surface area contributed by atoms with E-state index in [0.717, 1.165) is 25.2 Å². The molecule has 1 aliphatic heterocycles. The van der Waals surface area contributed by atoms with E-state index >= 15 is 0 Å². The van der Waals surface area contributed by atoms with Crippen molar-refractivity contribution in [2.45, 2.75) is 25.8 Å². The van der Waals surface area contributed by atoms with Gasteiger partial charge in [0.2, 0.25) is 0 Å². The molecule has 0 spiro atoms. The summed E-state index contributed by atoms with van der Waals surface area (Å²) in [5.41, 5.74) is 3.70. The van der Waals surface area contributed by atoms with Gasteiger partial charge in [-0.3, -0.25) is 0 Å². The molecule has 1 atom stereocenters. The quantitative estimate of drug-likeness (QED) is 0.748. The van der Waals surface area contributed by atoms with E-state index in [9.17, 15) is 0 Å². The Kier molecular flexibility index (Phi) is 4.15. The lowest BCUT2D eigenvalue weighted by Crippen LogP contribution is -2.11. The van der Waals surface area contributed by atoms with E-state index in [2.05, 4.69) is 77.3 Å². The van der Waals surface area contributed by atoms with Crippen LogP contribution >= 0.6 is 22.6 Å². The number of rotatable bonds is 2. The van der Waals surface area contributed by atoms with Crippen molar-refractivity contribution in [3.05, 3.63) is 57.2 Å². The minimum Gasteiger partial charge on any atom is -0.493 e. The lowest BCUT2D eigenvalue weighted by molar-refractivity contribution is 0.314. The molecule has 104 valence electrons. The van der Waals surface area contributed by atoms with Gasteiger partial charge in [0.25, 0.3) is 0 Å². The Morgan fingerprint density at radius 3 is 2.85 bits per heavy atom. The molecule has 1 N–H and O–H groups in total. The molecule has 0 saturated carbocycles. The highest BCUT2D eigenvalue weighted by molar-refractivity contribution is 14.1. The van der Waals surface area contributed by atoms with E-state index in [4.69, 9.17) is 4.74 Å². The molecule has 0 radical (unpaired) electrons. The summed E-state index contributed by atoms with van der Waals surface area (Å²) in [6.07, 6.45) is 2.18. The molecular weight excluding hydrogens is 361 g/mol. The zero-order chi connectivity index (χ0) is 13.9. The standard InChI is InChI=1S/C17H18INO/c1-12-6-4-7-13-15(10-5-11-20-17(12)13)19-16-9-3-2-8-14(16)18/h2-4,6-9,15,19H,5,10-11H2,1H3. The number of fused-ring (bicyclic) bond motifs is 1. The molecule has 0 fully saturated rings. The monoisotopic (exact) mass is 379 g/mol. The van der Waals surface area contributed by atoms with Crippen molar-refractivity contribution in [2.24, 2.45) is 0 Å². The molecule has 0 aromatic heterocycles. The smallest absolute Gasteiger partial charge is 0.127 e. The number of anilines is 1. The zero-order valence-corrected chi connectivity index (χ0v) is 13.7. The first-order valence-corrected chi connectivity index (χ1v) is 8.07. The van der Waals surface area contributed by atoms with E-state index in [1.54, 1.807) is 0 Å². The van der Waals surface area contributed by atoms with Crippen LogP contribution in [0.1, 0.15) is 30.0 Å². The first-order valence-electron chi connectivity index (χ1n) is 6.99. The summed E-state index contributed by atoms with van der Waals surface area (Å²) in [5, 5.41) is 3.69. The number of aryl methyl sites for hydroxylation is 1. The summed E-state index contributed by atoms with van der Waals surface area (Å²) in [6, 6.07) is 15.2. The van der Waals surface area contributed by atoms with Crippen molar-refractivity contribution in [1.29, 1.82) is 0 Å². The molecule has 0 saturated heterocycles. The molecule has 3 heteroatoms. The molecule has 2 nitrogen and oxygen atoms in total. The number of nitrogens with one attached hydrogen (secondary N) is 1. The number of para-hydroxylation sites is 2. The molecule has 0 aliphatic carbocycles. The molecular formula is C17H18INO. The van der Waals surface area contributed by atoms with Crippen LogP contribution in [-0.2, 0) is 0 Å². The molecule has 0 amide bonds. The van der Waals surface area contributed by atoms with Crippen LogP contribution < -0.4 is 10.1 Å². The second kappa shape index (κ2) is 6.04. The van der Waals surface area contributed by atoms with Crippen molar-refractivity contribution in [3.63, 3.8) is 0 Å². The maximum absolute atomic E-state index is 5.94. The Balaban J connectivity index is 1.95. The first kappa shape index (κ1) is 13.7. The SMILES string of the molecule is Cc1cccc2c1OCCCC2Nc1ccccc1I. The Bertz CT molecular complexity index is 612. The topological polar surface area (TPSA) is 21.3 Å². The van der Waals surface area contributed by atoms with E-state index in [-0.39, 0.29) is 0 Å². The van der Waals surface area contributed by atoms with Crippen molar-refractivity contribution >= 4 is 28.3 Å². The molecule has 2 aromatic carbocycles. The zero-order valence-electron chi connectivity index (χ0n) is 11.5. The summed E-state index contributed by atoms with van der Waals surface area (Å²) in [5.74, 6) is 1.06. The van der Waals surface area contributed by atoms with E-state index < -0.39 is 0 Å².